The van der Waals surface area contributed by atoms with Gasteiger partial charge in [0, 0.05) is 44.2 Å². The van der Waals surface area contributed by atoms with E-state index in [-0.39, 0.29) is 18.7 Å². The molecule has 118 valence electrons. The molecule has 1 aliphatic heterocycles. The highest BCUT2D eigenvalue weighted by molar-refractivity contribution is 7.13. The second-order valence-electron chi connectivity index (χ2n) is 5.46. The molecule has 2 amide bonds. The molecule has 0 spiro atoms. The van der Waals surface area contributed by atoms with Gasteiger partial charge in [0.05, 0.1) is 5.69 Å². The summed E-state index contributed by atoms with van der Waals surface area (Å²) in [5.41, 5.74) is 1.05. The number of aliphatic hydroxyl groups excluding tert-OH is 1. The number of nitrogens with zero attached hydrogens (tertiary/aromatic N) is 3. The quantitative estimate of drug-likeness (QED) is 0.863. The minimum absolute atomic E-state index is 0.00425. The predicted octanol–water partition coefficient (Wildman–Crippen LogP) is 1.44. The fraction of sp³-hybridized carbons (Fsp3) is 0.714. The molecule has 1 saturated heterocycles. The highest BCUT2D eigenvalue weighted by atomic mass is 32.1. The maximum absolute atomic E-state index is 12.1. The van der Waals surface area contributed by atoms with Crippen LogP contribution in [0.4, 0.5) is 9.93 Å². The number of hydrogen-bond acceptors (Lipinski definition) is 5. The highest BCUT2D eigenvalue weighted by Crippen LogP contribution is 2.21. The Kier molecular flexibility index (Phi) is 5.81. The third-order valence-corrected chi connectivity index (χ3v) is 4.63. The van der Waals surface area contributed by atoms with Gasteiger partial charge >= 0.3 is 6.03 Å². The van der Waals surface area contributed by atoms with E-state index >= 15 is 0 Å². The monoisotopic (exact) mass is 312 g/mol. The maximum Gasteiger partial charge on any atom is 0.317 e. The first-order valence-corrected chi connectivity index (χ1v) is 8.31. The Balaban J connectivity index is 1.76. The molecule has 0 aromatic carbocycles. The summed E-state index contributed by atoms with van der Waals surface area (Å²) < 4.78 is 0. The standard InChI is InChI=1S/C14H24N4O2S/c1-11(4-3-9-19)15-13(20)17-5-7-18(8-6-17)14-16-12(2)10-21-14/h10-11,19H,3-9H2,1-2H3,(H,15,20). The number of aromatic nitrogens is 1. The van der Waals surface area contributed by atoms with Crippen molar-refractivity contribution in [3.8, 4) is 0 Å². The third kappa shape index (κ3) is 4.57. The van der Waals surface area contributed by atoms with Crippen LogP contribution in [0.3, 0.4) is 0 Å². The van der Waals surface area contributed by atoms with Crippen LogP contribution in [0, 0.1) is 6.92 Å². The molecular formula is C14H24N4O2S. The van der Waals surface area contributed by atoms with Gasteiger partial charge in [-0.1, -0.05) is 0 Å². The predicted molar refractivity (Wildman–Crippen MR) is 85.0 cm³/mol. The fourth-order valence-corrected chi connectivity index (χ4v) is 3.22. The average Bonchev–Trinajstić information content (AvgIpc) is 2.92. The summed E-state index contributed by atoms with van der Waals surface area (Å²) in [4.78, 5) is 20.7. The highest BCUT2D eigenvalue weighted by Gasteiger charge is 2.23. The molecule has 1 atom stereocenters. The lowest BCUT2D eigenvalue weighted by Crippen LogP contribution is -2.53. The number of hydrogen-bond donors (Lipinski definition) is 2. The molecular weight excluding hydrogens is 288 g/mol. The second-order valence-corrected chi connectivity index (χ2v) is 6.30. The zero-order valence-electron chi connectivity index (χ0n) is 12.7. The van der Waals surface area contributed by atoms with Gasteiger partial charge < -0.3 is 20.2 Å². The number of thiazole rings is 1. The van der Waals surface area contributed by atoms with Crippen molar-refractivity contribution in [2.24, 2.45) is 0 Å². The second kappa shape index (κ2) is 7.61. The van der Waals surface area contributed by atoms with Crippen LogP contribution in [-0.2, 0) is 0 Å². The van der Waals surface area contributed by atoms with Crippen LogP contribution in [0.25, 0.3) is 0 Å². The van der Waals surface area contributed by atoms with Gasteiger partial charge in [0.1, 0.15) is 0 Å². The lowest BCUT2D eigenvalue weighted by atomic mass is 10.2. The van der Waals surface area contributed by atoms with Gasteiger partial charge in [0.2, 0.25) is 0 Å². The number of aryl methyl sites for hydroxylation is 1. The van der Waals surface area contributed by atoms with E-state index in [1.165, 1.54) is 0 Å². The summed E-state index contributed by atoms with van der Waals surface area (Å²) in [7, 11) is 0. The topological polar surface area (TPSA) is 68.7 Å². The number of urea groups is 1. The minimum atomic E-state index is -0.00425. The number of carbonyl (C=O) groups is 1. The van der Waals surface area contributed by atoms with Crippen molar-refractivity contribution in [1.29, 1.82) is 0 Å². The summed E-state index contributed by atoms with van der Waals surface area (Å²) in [6, 6.07) is 0.0969. The maximum atomic E-state index is 12.1. The Morgan fingerprint density at radius 2 is 2.19 bits per heavy atom. The Labute approximate surface area is 129 Å². The lowest BCUT2D eigenvalue weighted by molar-refractivity contribution is 0.189. The normalized spacial score (nSPS) is 16.9. The van der Waals surface area contributed by atoms with Crippen LogP contribution in [0.5, 0.6) is 0 Å². The number of anilines is 1. The molecule has 2 N–H and O–H groups in total. The zero-order valence-corrected chi connectivity index (χ0v) is 13.5. The summed E-state index contributed by atoms with van der Waals surface area (Å²) in [6.45, 7) is 7.23. The van der Waals surface area contributed by atoms with Gasteiger partial charge in [-0.25, -0.2) is 9.78 Å². The third-order valence-electron chi connectivity index (χ3n) is 3.61. The van der Waals surface area contributed by atoms with Crippen LogP contribution >= 0.6 is 11.3 Å². The number of nitrogens with one attached hydrogen (secondary N) is 1. The molecule has 1 aromatic rings. The molecule has 7 heteroatoms. The Morgan fingerprint density at radius 1 is 1.48 bits per heavy atom. The van der Waals surface area contributed by atoms with E-state index in [9.17, 15) is 4.79 Å². The molecule has 21 heavy (non-hydrogen) atoms. The number of carbonyl (C=O) groups excluding carboxylic acids is 1. The molecule has 0 saturated carbocycles. The van der Waals surface area contributed by atoms with Crippen LogP contribution in [-0.4, -0.2) is 59.8 Å². The first kappa shape index (κ1) is 16.0. The van der Waals surface area contributed by atoms with Gasteiger partial charge in [0.25, 0.3) is 0 Å². The average molecular weight is 312 g/mol. The van der Waals surface area contributed by atoms with E-state index < -0.39 is 0 Å². The molecule has 0 bridgehead atoms. The number of rotatable bonds is 5. The summed E-state index contributed by atoms with van der Waals surface area (Å²) >= 11 is 1.66. The number of piperazine rings is 1. The lowest BCUT2D eigenvalue weighted by Gasteiger charge is -2.35. The Morgan fingerprint density at radius 3 is 2.76 bits per heavy atom. The number of amides is 2. The molecule has 6 nitrogen and oxygen atoms in total. The summed E-state index contributed by atoms with van der Waals surface area (Å²) in [5.74, 6) is 0. The molecule has 0 radical (unpaired) electrons. The minimum Gasteiger partial charge on any atom is -0.396 e. The Bertz CT molecular complexity index is 458. The van der Waals surface area contributed by atoms with Gasteiger partial charge in [-0.05, 0) is 26.7 Å². The van der Waals surface area contributed by atoms with Crippen LogP contribution in [0.2, 0.25) is 0 Å². The van der Waals surface area contributed by atoms with Crippen molar-refractivity contribution in [3.05, 3.63) is 11.1 Å². The van der Waals surface area contributed by atoms with Crippen LogP contribution < -0.4 is 10.2 Å². The van der Waals surface area contributed by atoms with Crippen molar-refractivity contribution in [1.82, 2.24) is 15.2 Å². The first-order valence-electron chi connectivity index (χ1n) is 7.43. The van der Waals surface area contributed by atoms with Crippen LogP contribution in [0.1, 0.15) is 25.5 Å². The summed E-state index contributed by atoms with van der Waals surface area (Å²) in [5, 5.41) is 14.9. The van der Waals surface area contributed by atoms with Crippen LogP contribution in [0.15, 0.2) is 5.38 Å². The fourth-order valence-electron chi connectivity index (χ4n) is 2.36. The molecule has 1 aliphatic rings. The van der Waals surface area contributed by atoms with E-state index in [0.29, 0.717) is 0 Å². The largest absolute Gasteiger partial charge is 0.396 e. The Hall–Kier alpha value is -1.34. The SMILES string of the molecule is Cc1csc(N2CCN(C(=O)NC(C)CCCO)CC2)n1. The van der Waals surface area contributed by atoms with Gasteiger partial charge in [-0.15, -0.1) is 11.3 Å². The van der Waals surface area contributed by atoms with Crippen molar-refractivity contribution in [2.75, 3.05) is 37.7 Å². The number of aliphatic hydroxyl groups is 1. The molecule has 2 heterocycles. The van der Waals surface area contributed by atoms with Gasteiger partial charge in [-0.3, -0.25) is 0 Å². The van der Waals surface area contributed by atoms with E-state index in [0.717, 1.165) is 49.8 Å². The molecule has 1 fully saturated rings. The smallest absolute Gasteiger partial charge is 0.317 e. The van der Waals surface area contributed by atoms with Crippen molar-refractivity contribution >= 4 is 22.5 Å². The van der Waals surface area contributed by atoms with E-state index in [2.05, 4.69) is 20.6 Å². The first-order chi connectivity index (χ1) is 10.1. The van der Waals surface area contributed by atoms with E-state index in [4.69, 9.17) is 5.11 Å². The molecule has 1 aromatic heterocycles. The van der Waals surface area contributed by atoms with E-state index in [1.807, 2.05) is 18.7 Å². The van der Waals surface area contributed by atoms with E-state index in [1.54, 1.807) is 11.3 Å². The van der Waals surface area contributed by atoms with Gasteiger partial charge in [-0.2, -0.15) is 0 Å². The van der Waals surface area contributed by atoms with Crippen molar-refractivity contribution in [3.63, 3.8) is 0 Å². The summed E-state index contributed by atoms with van der Waals surface area (Å²) in [6.07, 6.45) is 1.53. The van der Waals surface area contributed by atoms with Crippen molar-refractivity contribution in [2.45, 2.75) is 32.7 Å². The molecule has 1 unspecified atom stereocenters. The molecule has 0 aliphatic carbocycles. The van der Waals surface area contributed by atoms with Crippen molar-refractivity contribution < 1.29 is 9.90 Å². The zero-order chi connectivity index (χ0) is 15.2. The van der Waals surface area contributed by atoms with Gasteiger partial charge in [0.15, 0.2) is 5.13 Å². The molecule has 2 rings (SSSR count).